The van der Waals surface area contributed by atoms with Crippen molar-refractivity contribution in [1.29, 1.82) is 0 Å². The summed E-state index contributed by atoms with van der Waals surface area (Å²) in [4.78, 5) is 0. The second kappa shape index (κ2) is 3.52. The Morgan fingerprint density at radius 3 is 2.43 bits per heavy atom. The van der Waals surface area contributed by atoms with Gasteiger partial charge in [0.25, 0.3) is 0 Å². The van der Waals surface area contributed by atoms with Crippen molar-refractivity contribution in [3.05, 3.63) is 0 Å². The molecular weight excluding hydrogens is 170 g/mol. The van der Waals surface area contributed by atoms with Crippen LogP contribution in [0.1, 0.15) is 51.4 Å². The quantitative estimate of drug-likeness (QED) is 0.717. The van der Waals surface area contributed by atoms with Gasteiger partial charge in [-0.1, -0.05) is 12.8 Å². The van der Waals surface area contributed by atoms with Crippen LogP contribution < -0.4 is 5.73 Å². The SMILES string of the molecule is NC1CCCC1CC1CC2CCC1C2. The van der Waals surface area contributed by atoms with Crippen LogP contribution >= 0.6 is 0 Å². The van der Waals surface area contributed by atoms with Gasteiger partial charge in [0.15, 0.2) is 0 Å². The van der Waals surface area contributed by atoms with Crippen LogP contribution in [0.5, 0.6) is 0 Å². The first-order valence-corrected chi connectivity index (χ1v) is 6.58. The van der Waals surface area contributed by atoms with Gasteiger partial charge >= 0.3 is 0 Å². The normalized spacial score (nSPS) is 51.6. The molecular formula is C13H23N. The summed E-state index contributed by atoms with van der Waals surface area (Å²) < 4.78 is 0. The third-order valence-electron chi connectivity index (χ3n) is 5.21. The number of rotatable bonds is 2. The van der Waals surface area contributed by atoms with Crippen LogP contribution in [0.25, 0.3) is 0 Å². The summed E-state index contributed by atoms with van der Waals surface area (Å²) in [6.07, 6.45) is 11.8. The molecule has 0 aliphatic heterocycles. The third-order valence-corrected chi connectivity index (χ3v) is 5.21. The Hall–Kier alpha value is -0.0400. The Morgan fingerprint density at radius 2 is 1.86 bits per heavy atom. The molecule has 2 bridgehead atoms. The lowest BCUT2D eigenvalue weighted by atomic mass is 9.81. The molecule has 3 aliphatic carbocycles. The van der Waals surface area contributed by atoms with E-state index in [-0.39, 0.29) is 0 Å². The second-order valence-electron chi connectivity index (χ2n) is 6.03. The topological polar surface area (TPSA) is 26.0 Å². The van der Waals surface area contributed by atoms with Crippen LogP contribution in [0.4, 0.5) is 0 Å². The highest BCUT2D eigenvalue weighted by Gasteiger charge is 2.41. The van der Waals surface area contributed by atoms with Crippen LogP contribution in [0.2, 0.25) is 0 Å². The highest BCUT2D eigenvalue weighted by Crippen LogP contribution is 2.51. The predicted octanol–water partition coefficient (Wildman–Crippen LogP) is 2.94. The van der Waals surface area contributed by atoms with Crippen LogP contribution in [-0.4, -0.2) is 6.04 Å². The van der Waals surface area contributed by atoms with Crippen molar-refractivity contribution in [3.8, 4) is 0 Å². The summed E-state index contributed by atoms with van der Waals surface area (Å²) >= 11 is 0. The minimum absolute atomic E-state index is 0.550. The van der Waals surface area contributed by atoms with Gasteiger partial charge in [0.2, 0.25) is 0 Å². The summed E-state index contributed by atoms with van der Waals surface area (Å²) in [6, 6.07) is 0.550. The summed E-state index contributed by atoms with van der Waals surface area (Å²) in [5.41, 5.74) is 6.16. The zero-order valence-electron chi connectivity index (χ0n) is 9.12. The molecule has 3 rings (SSSR count). The first kappa shape index (κ1) is 9.21. The largest absolute Gasteiger partial charge is 0.327 e. The summed E-state index contributed by atoms with van der Waals surface area (Å²) in [5, 5.41) is 0. The molecule has 14 heavy (non-hydrogen) atoms. The van der Waals surface area contributed by atoms with Crippen LogP contribution in [0, 0.1) is 23.7 Å². The Bertz CT molecular complexity index is 213. The minimum atomic E-state index is 0.550. The number of hydrogen-bond acceptors (Lipinski definition) is 1. The molecule has 0 heterocycles. The Kier molecular flexibility index (Phi) is 2.31. The van der Waals surface area contributed by atoms with E-state index in [1.807, 2.05) is 0 Å². The fourth-order valence-electron chi connectivity index (χ4n) is 4.41. The lowest BCUT2D eigenvalue weighted by Gasteiger charge is -2.26. The van der Waals surface area contributed by atoms with E-state index in [0.717, 1.165) is 23.7 Å². The van der Waals surface area contributed by atoms with E-state index >= 15 is 0 Å². The average Bonchev–Trinajstić information content (AvgIpc) is 2.83. The van der Waals surface area contributed by atoms with Gasteiger partial charge < -0.3 is 5.73 Å². The number of nitrogens with two attached hydrogens (primary N) is 1. The lowest BCUT2D eigenvalue weighted by Crippen LogP contribution is -2.27. The lowest BCUT2D eigenvalue weighted by molar-refractivity contribution is 0.259. The van der Waals surface area contributed by atoms with Crippen molar-refractivity contribution in [3.63, 3.8) is 0 Å². The minimum Gasteiger partial charge on any atom is -0.327 e. The zero-order valence-corrected chi connectivity index (χ0v) is 9.12. The zero-order chi connectivity index (χ0) is 9.54. The van der Waals surface area contributed by atoms with Crippen molar-refractivity contribution in [1.82, 2.24) is 0 Å². The molecule has 0 saturated heterocycles. The maximum atomic E-state index is 6.16. The Balaban J connectivity index is 1.57. The molecule has 3 fully saturated rings. The van der Waals surface area contributed by atoms with Crippen molar-refractivity contribution in [2.24, 2.45) is 29.4 Å². The molecule has 1 heteroatoms. The molecule has 0 aromatic carbocycles. The van der Waals surface area contributed by atoms with Gasteiger partial charge in [0.1, 0.15) is 0 Å². The average molecular weight is 193 g/mol. The molecule has 3 aliphatic rings. The van der Waals surface area contributed by atoms with Crippen molar-refractivity contribution in [2.45, 2.75) is 57.4 Å². The summed E-state index contributed by atoms with van der Waals surface area (Å²) in [7, 11) is 0. The van der Waals surface area contributed by atoms with E-state index in [0.29, 0.717) is 6.04 Å². The van der Waals surface area contributed by atoms with E-state index in [1.165, 1.54) is 38.5 Å². The first-order chi connectivity index (χ1) is 6.83. The Labute approximate surface area is 87.4 Å². The number of hydrogen-bond donors (Lipinski definition) is 1. The van der Waals surface area contributed by atoms with Crippen molar-refractivity contribution < 1.29 is 0 Å². The molecule has 0 spiro atoms. The molecule has 0 aromatic heterocycles. The predicted molar refractivity (Wildman–Crippen MR) is 58.9 cm³/mol. The fraction of sp³-hybridized carbons (Fsp3) is 1.00. The van der Waals surface area contributed by atoms with E-state index in [2.05, 4.69) is 0 Å². The van der Waals surface area contributed by atoms with E-state index in [9.17, 15) is 0 Å². The van der Waals surface area contributed by atoms with Crippen molar-refractivity contribution in [2.75, 3.05) is 0 Å². The van der Waals surface area contributed by atoms with Crippen LogP contribution in [-0.2, 0) is 0 Å². The fourth-order valence-corrected chi connectivity index (χ4v) is 4.41. The summed E-state index contributed by atoms with van der Waals surface area (Å²) in [5.74, 6) is 4.18. The molecule has 0 aromatic rings. The highest BCUT2D eigenvalue weighted by atomic mass is 14.7. The van der Waals surface area contributed by atoms with Crippen LogP contribution in [0.15, 0.2) is 0 Å². The Morgan fingerprint density at radius 1 is 0.929 bits per heavy atom. The maximum absolute atomic E-state index is 6.16. The van der Waals surface area contributed by atoms with Crippen molar-refractivity contribution >= 4 is 0 Å². The third kappa shape index (κ3) is 1.50. The maximum Gasteiger partial charge on any atom is 0.00672 e. The standard InChI is InChI=1S/C13H23N/c14-13-3-1-2-11(13)8-12-7-9-4-5-10(12)6-9/h9-13H,1-8,14H2. The highest BCUT2D eigenvalue weighted by molar-refractivity contribution is 4.93. The van der Waals surface area contributed by atoms with Gasteiger partial charge in [-0.25, -0.2) is 0 Å². The monoisotopic (exact) mass is 193 g/mol. The molecule has 5 unspecified atom stereocenters. The molecule has 3 saturated carbocycles. The summed E-state index contributed by atoms with van der Waals surface area (Å²) in [6.45, 7) is 0. The molecule has 1 nitrogen and oxygen atoms in total. The molecule has 80 valence electrons. The van der Waals surface area contributed by atoms with Crippen LogP contribution in [0.3, 0.4) is 0 Å². The molecule has 5 atom stereocenters. The number of fused-ring (bicyclic) bond motifs is 2. The smallest absolute Gasteiger partial charge is 0.00672 e. The van der Waals surface area contributed by atoms with E-state index in [1.54, 1.807) is 12.8 Å². The van der Waals surface area contributed by atoms with Gasteiger partial charge in [0, 0.05) is 6.04 Å². The van der Waals surface area contributed by atoms with Gasteiger partial charge in [0.05, 0.1) is 0 Å². The van der Waals surface area contributed by atoms with E-state index in [4.69, 9.17) is 5.73 Å². The second-order valence-corrected chi connectivity index (χ2v) is 6.03. The molecule has 0 amide bonds. The van der Waals surface area contributed by atoms with Gasteiger partial charge in [-0.3, -0.25) is 0 Å². The van der Waals surface area contributed by atoms with Gasteiger partial charge in [-0.15, -0.1) is 0 Å². The van der Waals surface area contributed by atoms with Gasteiger partial charge in [-0.2, -0.15) is 0 Å². The first-order valence-electron chi connectivity index (χ1n) is 6.58. The van der Waals surface area contributed by atoms with E-state index < -0.39 is 0 Å². The van der Waals surface area contributed by atoms with Gasteiger partial charge in [-0.05, 0) is 62.2 Å². The molecule has 2 N–H and O–H groups in total. The molecule has 0 radical (unpaired) electrons.